The molecule has 8 nitrogen and oxygen atoms in total. The van der Waals surface area contributed by atoms with E-state index in [0.717, 1.165) is 15.7 Å². The van der Waals surface area contributed by atoms with E-state index >= 15 is 0 Å². The van der Waals surface area contributed by atoms with Crippen LogP contribution in [0.15, 0.2) is 42.5 Å². The van der Waals surface area contributed by atoms with Gasteiger partial charge in [0.15, 0.2) is 6.10 Å². The molecule has 0 spiro atoms. The molecule has 0 aromatic heterocycles. The second kappa shape index (κ2) is 8.52. The molecule has 158 valence electrons. The van der Waals surface area contributed by atoms with Gasteiger partial charge in [0.05, 0.1) is 0 Å². The SMILES string of the molecule is CCC1(CC)NC(=O)N(CC(=O)O[C@H](C)C(=O)Nc2ccc3ccccc3c2)C1=O. The smallest absolute Gasteiger partial charge is 0.327 e. The van der Waals surface area contributed by atoms with Crippen LogP contribution in [0.4, 0.5) is 10.5 Å². The van der Waals surface area contributed by atoms with E-state index in [-0.39, 0.29) is 0 Å². The van der Waals surface area contributed by atoms with Gasteiger partial charge in [-0.2, -0.15) is 0 Å². The zero-order valence-corrected chi connectivity index (χ0v) is 17.2. The van der Waals surface area contributed by atoms with E-state index in [4.69, 9.17) is 4.74 Å². The van der Waals surface area contributed by atoms with Gasteiger partial charge in [0.1, 0.15) is 12.1 Å². The van der Waals surface area contributed by atoms with Crippen LogP contribution in [0.25, 0.3) is 10.8 Å². The summed E-state index contributed by atoms with van der Waals surface area (Å²) < 4.78 is 5.14. The summed E-state index contributed by atoms with van der Waals surface area (Å²) in [6.45, 7) is 4.48. The third-order valence-corrected chi connectivity index (χ3v) is 5.43. The number of nitrogens with one attached hydrogen (secondary N) is 2. The quantitative estimate of drug-likeness (QED) is 0.538. The number of hydrogen-bond acceptors (Lipinski definition) is 5. The summed E-state index contributed by atoms with van der Waals surface area (Å²) >= 11 is 0. The number of benzene rings is 2. The Kier molecular flexibility index (Phi) is 6.05. The highest BCUT2D eigenvalue weighted by Crippen LogP contribution is 2.25. The number of rotatable bonds is 7. The van der Waals surface area contributed by atoms with Crippen LogP contribution in [0.1, 0.15) is 33.6 Å². The minimum atomic E-state index is -1.09. The molecule has 0 aliphatic carbocycles. The van der Waals surface area contributed by atoms with Crippen LogP contribution in [0, 0.1) is 0 Å². The molecular weight excluding hydrogens is 386 g/mol. The lowest BCUT2D eigenvalue weighted by atomic mass is 9.93. The Morgan fingerprint density at radius 1 is 1.10 bits per heavy atom. The van der Waals surface area contributed by atoms with Crippen molar-refractivity contribution in [2.75, 3.05) is 11.9 Å². The van der Waals surface area contributed by atoms with Crippen molar-refractivity contribution in [3.8, 4) is 0 Å². The van der Waals surface area contributed by atoms with Crippen LogP contribution < -0.4 is 10.6 Å². The first-order chi connectivity index (χ1) is 14.3. The first-order valence-corrected chi connectivity index (χ1v) is 9.93. The fourth-order valence-corrected chi connectivity index (χ4v) is 3.48. The maximum absolute atomic E-state index is 12.6. The highest BCUT2D eigenvalue weighted by molar-refractivity contribution is 6.08. The number of amides is 4. The van der Waals surface area contributed by atoms with Gasteiger partial charge in [0.25, 0.3) is 11.8 Å². The number of imide groups is 1. The van der Waals surface area contributed by atoms with Crippen molar-refractivity contribution in [3.05, 3.63) is 42.5 Å². The van der Waals surface area contributed by atoms with E-state index < -0.39 is 42.0 Å². The molecule has 0 bridgehead atoms. The summed E-state index contributed by atoms with van der Waals surface area (Å²) in [4.78, 5) is 50.2. The molecule has 0 radical (unpaired) electrons. The number of carbonyl (C=O) groups excluding carboxylic acids is 4. The minimum absolute atomic E-state index is 0.421. The largest absolute Gasteiger partial charge is 0.451 e. The molecule has 2 aromatic carbocycles. The Morgan fingerprint density at radius 2 is 1.77 bits per heavy atom. The first-order valence-electron chi connectivity index (χ1n) is 9.93. The number of nitrogens with zero attached hydrogens (tertiary/aromatic N) is 1. The molecule has 2 N–H and O–H groups in total. The molecule has 1 saturated heterocycles. The molecule has 1 aliphatic heterocycles. The molecular formula is C22H25N3O5. The van der Waals surface area contributed by atoms with Gasteiger partial charge in [-0.15, -0.1) is 0 Å². The normalized spacial score (nSPS) is 16.3. The average molecular weight is 411 g/mol. The number of fused-ring (bicyclic) bond motifs is 1. The number of urea groups is 1. The van der Waals surface area contributed by atoms with Crippen molar-refractivity contribution in [1.82, 2.24) is 10.2 Å². The predicted molar refractivity (Wildman–Crippen MR) is 112 cm³/mol. The summed E-state index contributed by atoms with van der Waals surface area (Å²) in [6, 6.07) is 12.6. The Hall–Kier alpha value is -3.42. The van der Waals surface area contributed by atoms with Crippen LogP contribution in [0.2, 0.25) is 0 Å². The average Bonchev–Trinajstić information content (AvgIpc) is 2.98. The van der Waals surface area contributed by atoms with Gasteiger partial charge in [-0.1, -0.05) is 44.2 Å². The maximum atomic E-state index is 12.6. The van der Waals surface area contributed by atoms with Crippen LogP contribution in [-0.2, 0) is 19.1 Å². The lowest BCUT2D eigenvalue weighted by Gasteiger charge is -2.23. The molecule has 2 aromatic rings. The van der Waals surface area contributed by atoms with Crippen LogP contribution in [0.3, 0.4) is 0 Å². The molecule has 1 heterocycles. The molecule has 0 unspecified atom stereocenters. The standard InChI is InChI=1S/C22H25N3O5/c1-4-22(5-2)20(28)25(21(29)24-22)13-18(26)30-14(3)19(27)23-17-11-10-15-8-6-7-9-16(15)12-17/h6-12,14H,4-5,13H2,1-3H3,(H,23,27)(H,24,29)/t14-/m1/s1. The summed E-state index contributed by atoms with van der Waals surface area (Å²) in [5.41, 5.74) is -0.414. The molecule has 8 heteroatoms. The first kappa shape index (κ1) is 21.3. The topological polar surface area (TPSA) is 105 Å². The van der Waals surface area contributed by atoms with Gasteiger partial charge in [-0.05, 0) is 42.7 Å². The van der Waals surface area contributed by atoms with Gasteiger partial charge in [0.2, 0.25) is 0 Å². The van der Waals surface area contributed by atoms with Gasteiger partial charge in [0, 0.05) is 5.69 Å². The van der Waals surface area contributed by atoms with Crippen LogP contribution >= 0.6 is 0 Å². The van der Waals surface area contributed by atoms with Crippen LogP contribution in [-0.4, -0.2) is 46.9 Å². The van der Waals surface area contributed by atoms with Crippen molar-refractivity contribution in [2.45, 2.75) is 45.3 Å². The summed E-state index contributed by atoms with van der Waals surface area (Å²) in [5, 5.41) is 7.36. The second-order valence-electron chi connectivity index (χ2n) is 7.29. The van der Waals surface area contributed by atoms with Gasteiger partial charge in [-0.3, -0.25) is 19.3 Å². The van der Waals surface area contributed by atoms with Crippen molar-refractivity contribution < 1.29 is 23.9 Å². The lowest BCUT2D eigenvalue weighted by molar-refractivity contribution is -0.155. The van der Waals surface area contributed by atoms with E-state index in [2.05, 4.69) is 10.6 Å². The van der Waals surface area contributed by atoms with E-state index in [1.54, 1.807) is 19.9 Å². The Labute approximate surface area is 174 Å². The van der Waals surface area contributed by atoms with Crippen LogP contribution in [0.5, 0.6) is 0 Å². The predicted octanol–water partition coefficient (Wildman–Crippen LogP) is 2.82. The fraction of sp³-hybridized carbons (Fsp3) is 0.364. The molecule has 30 heavy (non-hydrogen) atoms. The Balaban J connectivity index is 1.59. The number of anilines is 1. The fourth-order valence-electron chi connectivity index (χ4n) is 3.48. The highest BCUT2D eigenvalue weighted by Gasteiger charge is 2.49. The van der Waals surface area contributed by atoms with Gasteiger partial charge in [-0.25, -0.2) is 4.79 Å². The van der Waals surface area contributed by atoms with E-state index in [9.17, 15) is 19.2 Å². The number of esters is 1. The zero-order valence-electron chi connectivity index (χ0n) is 17.2. The summed E-state index contributed by atoms with van der Waals surface area (Å²) in [5.74, 6) is -1.79. The van der Waals surface area contributed by atoms with Gasteiger partial charge < -0.3 is 15.4 Å². The third-order valence-electron chi connectivity index (χ3n) is 5.43. The summed E-state index contributed by atoms with van der Waals surface area (Å²) in [7, 11) is 0. The number of ether oxygens (including phenoxy) is 1. The highest BCUT2D eigenvalue weighted by atomic mass is 16.5. The monoisotopic (exact) mass is 411 g/mol. The van der Waals surface area contributed by atoms with Gasteiger partial charge >= 0.3 is 12.0 Å². The maximum Gasteiger partial charge on any atom is 0.327 e. The van der Waals surface area contributed by atoms with E-state index in [1.165, 1.54) is 6.92 Å². The molecule has 1 aliphatic rings. The van der Waals surface area contributed by atoms with E-state index in [1.807, 2.05) is 36.4 Å². The third kappa shape index (κ3) is 4.12. The van der Waals surface area contributed by atoms with E-state index in [0.29, 0.717) is 18.5 Å². The van der Waals surface area contributed by atoms with Crippen molar-refractivity contribution in [2.24, 2.45) is 0 Å². The number of carbonyl (C=O) groups is 4. The lowest BCUT2D eigenvalue weighted by Crippen LogP contribution is -2.46. The van der Waals surface area contributed by atoms with Crippen molar-refractivity contribution in [3.63, 3.8) is 0 Å². The second-order valence-corrected chi connectivity index (χ2v) is 7.29. The Morgan fingerprint density at radius 3 is 2.40 bits per heavy atom. The molecule has 1 fully saturated rings. The minimum Gasteiger partial charge on any atom is -0.451 e. The molecule has 0 saturated carbocycles. The molecule has 4 amide bonds. The molecule has 1 atom stereocenters. The molecule has 3 rings (SSSR count). The summed E-state index contributed by atoms with van der Waals surface area (Å²) in [6.07, 6.45) is -0.249. The van der Waals surface area contributed by atoms with Crippen molar-refractivity contribution >= 4 is 40.3 Å². The number of hydrogen-bond donors (Lipinski definition) is 2. The zero-order chi connectivity index (χ0) is 21.9. The Bertz CT molecular complexity index is 999. The van der Waals surface area contributed by atoms with Crippen molar-refractivity contribution in [1.29, 1.82) is 0 Å².